The van der Waals surface area contributed by atoms with Gasteiger partial charge in [0.05, 0.1) is 13.2 Å². The molecule has 2 aliphatic rings. The van der Waals surface area contributed by atoms with Crippen molar-refractivity contribution in [1.29, 1.82) is 0 Å². The van der Waals surface area contributed by atoms with Gasteiger partial charge in [0.2, 0.25) is 0 Å². The van der Waals surface area contributed by atoms with Gasteiger partial charge in [-0.3, -0.25) is 9.69 Å². The van der Waals surface area contributed by atoms with Crippen LogP contribution in [0.5, 0.6) is 0 Å². The second-order valence-corrected chi connectivity index (χ2v) is 6.32. The maximum atomic E-state index is 11.7. The smallest absolute Gasteiger partial charge is 0.320 e. The maximum absolute atomic E-state index is 11.7. The quantitative estimate of drug-likeness (QED) is 0.721. The Morgan fingerprint density at radius 3 is 2.61 bits per heavy atom. The minimum Gasteiger partial charge on any atom is -0.464 e. The summed E-state index contributed by atoms with van der Waals surface area (Å²) in [5, 5.41) is 0. The van der Waals surface area contributed by atoms with Gasteiger partial charge in [0, 0.05) is 0 Å². The highest BCUT2D eigenvalue weighted by atomic mass is 16.5. The number of hydrogen-bond donors (Lipinski definition) is 0. The van der Waals surface area contributed by atoms with Gasteiger partial charge in [-0.25, -0.2) is 0 Å². The number of ether oxygens (including phenoxy) is 1. The molecule has 0 bridgehead atoms. The van der Waals surface area contributed by atoms with Gasteiger partial charge in [0.1, 0.15) is 0 Å². The van der Waals surface area contributed by atoms with Gasteiger partial charge in [0.15, 0.2) is 0 Å². The summed E-state index contributed by atoms with van der Waals surface area (Å²) >= 11 is 0. The molecule has 1 saturated carbocycles. The third-order valence-corrected chi connectivity index (χ3v) is 4.62. The van der Waals surface area contributed by atoms with Crippen LogP contribution < -0.4 is 0 Å². The fourth-order valence-electron chi connectivity index (χ4n) is 3.34. The number of esters is 1. The molecule has 0 aromatic rings. The fourth-order valence-corrected chi connectivity index (χ4v) is 3.34. The van der Waals surface area contributed by atoms with Crippen molar-refractivity contribution in [2.75, 3.05) is 26.2 Å². The first-order chi connectivity index (χ1) is 8.65. The van der Waals surface area contributed by atoms with Crippen molar-refractivity contribution in [3.05, 3.63) is 0 Å². The number of nitrogens with zero attached hydrogens (tertiary/aromatic N) is 1. The van der Waals surface area contributed by atoms with Crippen LogP contribution in [-0.2, 0) is 9.53 Å². The molecular formula is C15H27NO2. The monoisotopic (exact) mass is 253 g/mol. The number of carbonyl (C=O) groups excluding carboxylic acids is 1. The standard InChI is InChI=1S/C15H27NO2/c1-12-5-6-14(13(2)9-12)11-18-15(17)10-16-7-3-4-8-16/h12-14H,3-11H2,1-2H3/t12-,13-,14+/m1/s1. The minimum absolute atomic E-state index is 0.0253. The first-order valence-corrected chi connectivity index (χ1v) is 7.53. The molecule has 0 amide bonds. The van der Waals surface area contributed by atoms with E-state index in [0.29, 0.717) is 25.0 Å². The van der Waals surface area contributed by atoms with Crippen LogP contribution >= 0.6 is 0 Å². The number of likely N-dealkylation sites (tertiary alicyclic amines) is 1. The van der Waals surface area contributed by atoms with E-state index in [2.05, 4.69) is 18.7 Å². The topological polar surface area (TPSA) is 29.5 Å². The maximum Gasteiger partial charge on any atom is 0.320 e. The largest absolute Gasteiger partial charge is 0.464 e. The Labute approximate surface area is 111 Å². The predicted molar refractivity (Wildman–Crippen MR) is 72.3 cm³/mol. The van der Waals surface area contributed by atoms with Crippen LogP contribution in [0.2, 0.25) is 0 Å². The summed E-state index contributed by atoms with van der Waals surface area (Å²) in [4.78, 5) is 14.0. The molecule has 3 heteroatoms. The number of hydrogen-bond acceptors (Lipinski definition) is 3. The normalized spacial score (nSPS) is 33.6. The molecule has 18 heavy (non-hydrogen) atoms. The highest BCUT2D eigenvalue weighted by Gasteiger charge is 2.26. The average Bonchev–Trinajstić information content (AvgIpc) is 2.80. The van der Waals surface area contributed by atoms with Gasteiger partial charge in [-0.1, -0.05) is 20.3 Å². The summed E-state index contributed by atoms with van der Waals surface area (Å²) in [6.45, 7) is 7.89. The molecule has 2 rings (SSSR count). The van der Waals surface area contributed by atoms with Crippen LogP contribution in [0.1, 0.15) is 46.0 Å². The summed E-state index contributed by atoms with van der Waals surface area (Å²) in [6, 6.07) is 0. The van der Waals surface area contributed by atoms with Crippen molar-refractivity contribution in [2.45, 2.75) is 46.0 Å². The molecule has 2 fully saturated rings. The molecule has 0 radical (unpaired) electrons. The Kier molecular flexibility index (Phi) is 5.04. The summed E-state index contributed by atoms with van der Waals surface area (Å²) in [7, 11) is 0. The van der Waals surface area contributed by atoms with Crippen LogP contribution in [0.3, 0.4) is 0 Å². The van der Waals surface area contributed by atoms with Gasteiger partial charge in [-0.05, 0) is 56.5 Å². The summed E-state index contributed by atoms with van der Waals surface area (Å²) in [5.41, 5.74) is 0. The molecular weight excluding hydrogens is 226 g/mol. The van der Waals surface area contributed by atoms with Crippen molar-refractivity contribution >= 4 is 5.97 Å². The van der Waals surface area contributed by atoms with E-state index in [4.69, 9.17) is 4.74 Å². The van der Waals surface area contributed by atoms with E-state index in [1.165, 1.54) is 32.1 Å². The molecule has 0 aromatic heterocycles. The first-order valence-electron chi connectivity index (χ1n) is 7.53. The third-order valence-electron chi connectivity index (χ3n) is 4.62. The second kappa shape index (κ2) is 6.55. The number of carbonyl (C=O) groups is 1. The molecule has 1 aliphatic heterocycles. The van der Waals surface area contributed by atoms with Crippen molar-refractivity contribution < 1.29 is 9.53 Å². The lowest BCUT2D eigenvalue weighted by Crippen LogP contribution is -2.31. The lowest BCUT2D eigenvalue weighted by Gasteiger charge is -2.32. The fraction of sp³-hybridized carbons (Fsp3) is 0.933. The van der Waals surface area contributed by atoms with Gasteiger partial charge >= 0.3 is 5.97 Å². The zero-order valence-electron chi connectivity index (χ0n) is 11.9. The zero-order chi connectivity index (χ0) is 13.0. The van der Waals surface area contributed by atoms with Gasteiger partial charge in [-0.2, -0.15) is 0 Å². The molecule has 0 spiro atoms. The van der Waals surface area contributed by atoms with Crippen molar-refractivity contribution in [3.63, 3.8) is 0 Å². The Hall–Kier alpha value is -0.570. The van der Waals surface area contributed by atoms with Gasteiger partial charge in [0.25, 0.3) is 0 Å². The Bertz CT molecular complexity index is 274. The molecule has 0 N–H and O–H groups in total. The lowest BCUT2D eigenvalue weighted by atomic mass is 9.76. The summed E-state index contributed by atoms with van der Waals surface area (Å²) < 4.78 is 5.47. The summed E-state index contributed by atoms with van der Waals surface area (Å²) in [6.07, 6.45) is 6.25. The molecule has 0 aromatic carbocycles. The molecule has 3 atom stereocenters. The second-order valence-electron chi connectivity index (χ2n) is 6.32. The minimum atomic E-state index is -0.0253. The van der Waals surface area contributed by atoms with E-state index in [9.17, 15) is 4.79 Å². The van der Waals surface area contributed by atoms with Crippen LogP contribution in [0.15, 0.2) is 0 Å². The van der Waals surface area contributed by atoms with Crippen LogP contribution in [0, 0.1) is 17.8 Å². The Morgan fingerprint density at radius 2 is 1.94 bits per heavy atom. The van der Waals surface area contributed by atoms with Crippen molar-refractivity contribution in [1.82, 2.24) is 4.90 Å². The zero-order valence-corrected chi connectivity index (χ0v) is 11.9. The average molecular weight is 253 g/mol. The Morgan fingerprint density at radius 1 is 1.22 bits per heavy atom. The van der Waals surface area contributed by atoms with Gasteiger partial charge < -0.3 is 4.74 Å². The van der Waals surface area contributed by atoms with Crippen molar-refractivity contribution in [3.8, 4) is 0 Å². The van der Waals surface area contributed by atoms with E-state index in [-0.39, 0.29) is 5.97 Å². The highest BCUT2D eigenvalue weighted by molar-refractivity contribution is 5.71. The van der Waals surface area contributed by atoms with E-state index in [1.54, 1.807) is 0 Å². The molecule has 104 valence electrons. The third kappa shape index (κ3) is 3.98. The SMILES string of the molecule is C[C@@H]1CC[C@@H](COC(=O)CN2CCCC2)[C@H](C)C1. The van der Waals surface area contributed by atoms with Crippen LogP contribution in [0.25, 0.3) is 0 Å². The Balaban J connectivity index is 1.65. The first kappa shape index (κ1) is 13.9. The lowest BCUT2D eigenvalue weighted by molar-refractivity contribution is -0.147. The van der Waals surface area contributed by atoms with E-state index >= 15 is 0 Å². The molecule has 1 saturated heterocycles. The number of rotatable bonds is 4. The molecule has 0 unspecified atom stereocenters. The van der Waals surface area contributed by atoms with E-state index in [0.717, 1.165) is 19.0 Å². The highest BCUT2D eigenvalue weighted by Crippen LogP contribution is 2.33. The predicted octanol–water partition coefficient (Wildman–Crippen LogP) is 2.70. The molecule has 1 aliphatic carbocycles. The van der Waals surface area contributed by atoms with Gasteiger partial charge in [-0.15, -0.1) is 0 Å². The summed E-state index contributed by atoms with van der Waals surface area (Å²) in [5.74, 6) is 2.11. The van der Waals surface area contributed by atoms with Crippen molar-refractivity contribution in [2.24, 2.45) is 17.8 Å². The van der Waals surface area contributed by atoms with Crippen LogP contribution in [0.4, 0.5) is 0 Å². The van der Waals surface area contributed by atoms with E-state index < -0.39 is 0 Å². The molecule has 3 nitrogen and oxygen atoms in total. The van der Waals surface area contributed by atoms with E-state index in [1.807, 2.05) is 0 Å². The van der Waals surface area contributed by atoms with Crippen LogP contribution in [-0.4, -0.2) is 37.1 Å². The molecule has 1 heterocycles.